The third kappa shape index (κ3) is 4.11. The molecule has 164 valence electrons. The zero-order chi connectivity index (χ0) is 22.9. The lowest BCUT2D eigenvalue weighted by Gasteiger charge is -2.29. The van der Waals surface area contributed by atoms with E-state index in [9.17, 15) is 4.79 Å². The second kappa shape index (κ2) is 8.73. The molecule has 0 saturated heterocycles. The maximum absolute atomic E-state index is 13.5. The minimum atomic E-state index is -0.551. The molecule has 5 rings (SSSR count). The van der Waals surface area contributed by atoms with Gasteiger partial charge in [0, 0.05) is 16.9 Å². The molecule has 3 aromatic carbocycles. The first-order valence-electron chi connectivity index (χ1n) is 10.3. The van der Waals surface area contributed by atoms with Gasteiger partial charge in [-0.15, -0.1) is 5.10 Å². The van der Waals surface area contributed by atoms with Crippen molar-refractivity contribution in [2.24, 2.45) is 0 Å². The van der Waals surface area contributed by atoms with Gasteiger partial charge in [0.2, 0.25) is 5.95 Å². The summed E-state index contributed by atoms with van der Waals surface area (Å²) in [5.74, 6) is 0.851. The lowest BCUT2D eigenvalue weighted by atomic mass is 9.95. The van der Waals surface area contributed by atoms with E-state index in [-0.39, 0.29) is 5.91 Å². The van der Waals surface area contributed by atoms with Crippen molar-refractivity contribution >= 4 is 40.7 Å². The average molecular weight is 476 g/mol. The number of allylic oxidation sites excluding steroid dienone is 1. The average Bonchev–Trinajstić information content (AvgIpc) is 3.25. The van der Waals surface area contributed by atoms with Crippen LogP contribution in [0.15, 0.2) is 90.1 Å². The van der Waals surface area contributed by atoms with Gasteiger partial charge in [0.25, 0.3) is 5.91 Å². The largest absolute Gasteiger partial charge is 0.328 e. The monoisotopic (exact) mass is 475 g/mol. The predicted molar refractivity (Wildman–Crippen MR) is 131 cm³/mol. The van der Waals surface area contributed by atoms with Crippen LogP contribution in [-0.4, -0.2) is 20.7 Å². The Morgan fingerprint density at radius 1 is 0.970 bits per heavy atom. The summed E-state index contributed by atoms with van der Waals surface area (Å²) < 4.78 is 1.72. The number of carbonyl (C=O) groups is 1. The van der Waals surface area contributed by atoms with E-state index in [1.54, 1.807) is 16.8 Å². The van der Waals surface area contributed by atoms with E-state index in [0.29, 0.717) is 38.8 Å². The van der Waals surface area contributed by atoms with Gasteiger partial charge in [-0.2, -0.15) is 4.98 Å². The number of hydrogen-bond donors (Lipinski definition) is 2. The Hall–Kier alpha value is -3.61. The van der Waals surface area contributed by atoms with Gasteiger partial charge in [0.1, 0.15) is 6.04 Å². The number of halogens is 2. The van der Waals surface area contributed by atoms with Crippen LogP contribution in [0.1, 0.15) is 18.5 Å². The SMILES string of the molecule is CC1=C(C(=O)Nc2ccccc2)C(c2ccc(Cl)c(Cl)c2)n2nc(-c3ccccc3)nc2N1. The summed E-state index contributed by atoms with van der Waals surface area (Å²) in [7, 11) is 0. The molecule has 2 heterocycles. The normalized spacial score (nSPS) is 15.1. The van der Waals surface area contributed by atoms with Crippen LogP contribution in [0.3, 0.4) is 0 Å². The summed E-state index contributed by atoms with van der Waals surface area (Å²) in [5, 5.41) is 11.8. The lowest BCUT2D eigenvalue weighted by molar-refractivity contribution is -0.113. The second-order valence-electron chi connectivity index (χ2n) is 7.63. The molecule has 0 radical (unpaired) electrons. The molecule has 1 aromatic heterocycles. The van der Waals surface area contributed by atoms with Crippen LogP contribution < -0.4 is 10.6 Å². The predicted octanol–water partition coefficient (Wildman–Crippen LogP) is 6.18. The molecule has 1 atom stereocenters. The molecule has 1 aliphatic rings. The Kier molecular flexibility index (Phi) is 5.62. The number of rotatable bonds is 4. The Bertz CT molecular complexity index is 1370. The maximum Gasteiger partial charge on any atom is 0.255 e. The van der Waals surface area contributed by atoms with Gasteiger partial charge in [0.05, 0.1) is 15.6 Å². The number of carbonyl (C=O) groups excluding carboxylic acids is 1. The van der Waals surface area contributed by atoms with Crippen molar-refractivity contribution in [2.75, 3.05) is 10.6 Å². The van der Waals surface area contributed by atoms with Crippen molar-refractivity contribution in [3.8, 4) is 11.4 Å². The number of nitrogens with one attached hydrogen (secondary N) is 2. The number of benzene rings is 3. The van der Waals surface area contributed by atoms with E-state index in [1.165, 1.54) is 0 Å². The molecule has 8 heteroatoms. The van der Waals surface area contributed by atoms with Crippen molar-refractivity contribution in [1.82, 2.24) is 14.8 Å². The number of aromatic nitrogens is 3. The van der Waals surface area contributed by atoms with Crippen LogP contribution in [0.4, 0.5) is 11.6 Å². The fourth-order valence-corrected chi connectivity index (χ4v) is 4.17. The first-order chi connectivity index (χ1) is 16.0. The molecular weight excluding hydrogens is 457 g/mol. The van der Waals surface area contributed by atoms with Gasteiger partial charge in [-0.3, -0.25) is 4.79 Å². The topological polar surface area (TPSA) is 71.8 Å². The van der Waals surface area contributed by atoms with Gasteiger partial charge < -0.3 is 10.6 Å². The molecule has 2 N–H and O–H groups in total. The molecule has 1 amide bonds. The summed E-state index contributed by atoms with van der Waals surface area (Å²) in [6.45, 7) is 1.85. The highest BCUT2D eigenvalue weighted by Crippen LogP contribution is 2.38. The second-order valence-corrected chi connectivity index (χ2v) is 8.44. The maximum atomic E-state index is 13.5. The van der Waals surface area contributed by atoms with Crippen LogP contribution in [-0.2, 0) is 4.79 Å². The molecule has 4 aromatic rings. The van der Waals surface area contributed by atoms with Crippen molar-refractivity contribution in [1.29, 1.82) is 0 Å². The van der Waals surface area contributed by atoms with Crippen LogP contribution in [0.25, 0.3) is 11.4 Å². The fourth-order valence-electron chi connectivity index (χ4n) is 3.87. The molecule has 0 bridgehead atoms. The third-order valence-electron chi connectivity index (χ3n) is 5.42. The van der Waals surface area contributed by atoms with Gasteiger partial charge in [-0.05, 0) is 36.8 Å². The van der Waals surface area contributed by atoms with Crippen LogP contribution in [0.5, 0.6) is 0 Å². The Labute approximate surface area is 200 Å². The minimum Gasteiger partial charge on any atom is -0.328 e. The molecule has 1 unspecified atom stereocenters. The van der Waals surface area contributed by atoms with Crippen molar-refractivity contribution in [3.05, 3.63) is 106 Å². The molecule has 6 nitrogen and oxygen atoms in total. The Balaban J connectivity index is 1.63. The molecule has 0 spiro atoms. The van der Waals surface area contributed by atoms with E-state index >= 15 is 0 Å². The molecule has 0 saturated carbocycles. The summed E-state index contributed by atoms with van der Waals surface area (Å²) in [6.07, 6.45) is 0. The number of hydrogen-bond acceptors (Lipinski definition) is 4. The van der Waals surface area contributed by atoms with E-state index in [0.717, 1.165) is 11.1 Å². The molecule has 0 aliphatic carbocycles. The summed E-state index contributed by atoms with van der Waals surface area (Å²) >= 11 is 12.5. The summed E-state index contributed by atoms with van der Waals surface area (Å²) in [4.78, 5) is 18.2. The van der Waals surface area contributed by atoms with E-state index in [1.807, 2.05) is 73.7 Å². The third-order valence-corrected chi connectivity index (χ3v) is 6.16. The minimum absolute atomic E-state index is 0.246. The van der Waals surface area contributed by atoms with Gasteiger partial charge in [-0.1, -0.05) is 77.8 Å². The highest BCUT2D eigenvalue weighted by atomic mass is 35.5. The van der Waals surface area contributed by atoms with Crippen LogP contribution in [0.2, 0.25) is 10.0 Å². The highest BCUT2D eigenvalue weighted by Gasteiger charge is 2.34. The highest BCUT2D eigenvalue weighted by molar-refractivity contribution is 6.42. The summed E-state index contributed by atoms with van der Waals surface area (Å²) in [6, 6.07) is 23.8. The zero-order valence-corrected chi connectivity index (χ0v) is 19.1. The summed E-state index contributed by atoms with van der Waals surface area (Å²) in [5.41, 5.74) is 3.54. The number of fused-ring (bicyclic) bond motifs is 1. The number of anilines is 2. The smallest absolute Gasteiger partial charge is 0.255 e. The Morgan fingerprint density at radius 3 is 2.36 bits per heavy atom. The lowest BCUT2D eigenvalue weighted by Crippen LogP contribution is -2.31. The Morgan fingerprint density at radius 2 is 1.67 bits per heavy atom. The number of para-hydroxylation sites is 1. The van der Waals surface area contributed by atoms with E-state index < -0.39 is 6.04 Å². The van der Waals surface area contributed by atoms with Crippen molar-refractivity contribution in [3.63, 3.8) is 0 Å². The molecule has 1 aliphatic heterocycles. The number of amides is 1. The number of nitrogens with zero attached hydrogens (tertiary/aromatic N) is 3. The molecule has 0 fully saturated rings. The van der Waals surface area contributed by atoms with Crippen molar-refractivity contribution in [2.45, 2.75) is 13.0 Å². The quantitative estimate of drug-likeness (QED) is 0.369. The first kappa shape index (κ1) is 21.2. The van der Waals surface area contributed by atoms with Crippen molar-refractivity contribution < 1.29 is 4.79 Å². The first-order valence-corrected chi connectivity index (χ1v) is 11.1. The van der Waals surface area contributed by atoms with E-state index in [2.05, 4.69) is 15.6 Å². The van der Waals surface area contributed by atoms with Crippen LogP contribution in [0, 0.1) is 0 Å². The van der Waals surface area contributed by atoms with Gasteiger partial charge in [0.15, 0.2) is 5.82 Å². The standard InChI is InChI=1S/C25H19Cl2N5O/c1-15-21(24(33)29-18-10-6-3-7-11-18)22(17-12-13-19(26)20(27)14-17)32-25(28-15)30-23(31-32)16-8-4-2-5-9-16/h2-14,22H,1H3,(H,29,33)(H,28,30,31). The fraction of sp³-hybridized carbons (Fsp3) is 0.0800. The molecule has 33 heavy (non-hydrogen) atoms. The van der Waals surface area contributed by atoms with E-state index in [4.69, 9.17) is 28.3 Å². The molecular formula is C25H19Cl2N5O. The van der Waals surface area contributed by atoms with Gasteiger partial charge >= 0.3 is 0 Å². The van der Waals surface area contributed by atoms with Crippen LogP contribution >= 0.6 is 23.2 Å². The van der Waals surface area contributed by atoms with Gasteiger partial charge in [-0.25, -0.2) is 4.68 Å². The zero-order valence-electron chi connectivity index (χ0n) is 17.6.